The number of hydrogen-bond donors (Lipinski definition) is 3. The standard InChI is InChI=1S/C9H11N5O/c1-6-8(5-12-13-6)9(15)10-4-7-2-3-11-14-7/h2-3,5H,4H2,1H3,(H,10,15)(H,11,14)(H,12,13). The first-order valence-corrected chi connectivity index (χ1v) is 4.54. The number of aromatic amines is 2. The van der Waals surface area contributed by atoms with Gasteiger partial charge in [-0.15, -0.1) is 0 Å². The molecule has 2 aromatic rings. The Kier molecular flexibility index (Phi) is 2.49. The van der Waals surface area contributed by atoms with Gasteiger partial charge in [-0.3, -0.25) is 15.0 Å². The normalized spacial score (nSPS) is 10.2. The van der Waals surface area contributed by atoms with Crippen molar-refractivity contribution in [2.24, 2.45) is 0 Å². The molecule has 1 amide bonds. The molecule has 2 heterocycles. The second-order valence-corrected chi connectivity index (χ2v) is 3.17. The van der Waals surface area contributed by atoms with E-state index in [1.807, 2.05) is 6.07 Å². The minimum Gasteiger partial charge on any atom is -0.346 e. The first kappa shape index (κ1) is 9.45. The molecular weight excluding hydrogens is 194 g/mol. The number of hydrogen-bond acceptors (Lipinski definition) is 3. The number of aryl methyl sites for hydroxylation is 1. The van der Waals surface area contributed by atoms with Crippen LogP contribution in [0, 0.1) is 6.92 Å². The van der Waals surface area contributed by atoms with Crippen molar-refractivity contribution in [1.29, 1.82) is 0 Å². The topological polar surface area (TPSA) is 86.5 Å². The maximum absolute atomic E-state index is 11.6. The highest BCUT2D eigenvalue weighted by Crippen LogP contribution is 2.02. The third-order valence-corrected chi connectivity index (χ3v) is 2.07. The van der Waals surface area contributed by atoms with Crippen LogP contribution in [-0.2, 0) is 6.54 Å². The monoisotopic (exact) mass is 205 g/mol. The molecule has 0 atom stereocenters. The summed E-state index contributed by atoms with van der Waals surface area (Å²) in [7, 11) is 0. The van der Waals surface area contributed by atoms with Crippen molar-refractivity contribution in [3.8, 4) is 0 Å². The fraction of sp³-hybridized carbons (Fsp3) is 0.222. The number of amides is 1. The largest absolute Gasteiger partial charge is 0.346 e. The van der Waals surface area contributed by atoms with Crippen LogP contribution in [0.5, 0.6) is 0 Å². The highest BCUT2D eigenvalue weighted by Gasteiger charge is 2.09. The molecule has 0 saturated heterocycles. The summed E-state index contributed by atoms with van der Waals surface area (Å²) in [5.74, 6) is -0.143. The van der Waals surface area contributed by atoms with Crippen LogP contribution < -0.4 is 5.32 Å². The molecule has 3 N–H and O–H groups in total. The van der Waals surface area contributed by atoms with Crippen LogP contribution in [-0.4, -0.2) is 26.3 Å². The number of carbonyl (C=O) groups excluding carboxylic acids is 1. The molecule has 0 aliphatic heterocycles. The summed E-state index contributed by atoms with van der Waals surface area (Å²) in [5, 5.41) is 15.8. The zero-order valence-corrected chi connectivity index (χ0v) is 8.24. The summed E-state index contributed by atoms with van der Waals surface area (Å²) >= 11 is 0. The Bertz CT molecular complexity index is 445. The fourth-order valence-electron chi connectivity index (χ4n) is 1.23. The highest BCUT2D eigenvalue weighted by atomic mass is 16.1. The number of H-pyrrole nitrogens is 2. The third kappa shape index (κ3) is 2.04. The van der Waals surface area contributed by atoms with E-state index < -0.39 is 0 Å². The van der Waals surface area contributed by atoms with Gasteiger partial charge in [-0.1, -0.05) is 0 Å². The zero-order valence-electron chi connectivity index (χ0n) is 8.24. The number of aromatic nitrogens is 4. The Morgan fingerprint density at radius 2 is 2.33 bits per heavy atom. The van der Waals surface area contributed by atoms with Gasteiger partial charge < -0.3 is 5.32 Å². The van der Waals surface area contributed by atoms with Gasteiger partial charge in [-0.25, -0.2) is 0 Å². The SMILES string of the molecule is Cc1[nH]ncc1C(=O)NCc1ccn[nH]1. The zero-order chi connectivity index (χ0) is 10.7. The molecule has 0 spiro atoms. The van der Waals surface area contributed by atoms with Crippen molar-refractivity contribution in [2.75, 3.05) is 0 Å². The molecule has 0 radical (unpaired) electrons. The summed E-state index contributed by atoms with van der Waals surface area (Å²) in [6.45, 7) is 2.24. The van der Waals surface area contributed by atoms with E-state index in [1.54, 1.807) is 13.1 Å². The lowest BCUT2D eigenvalue weighted by Gasteiger charge is -2.01. The molecule has 0 unspecified atom stereocenters. The van der Waals surface area contributed by atoms with Crippen LogP contribution in [0.3, 0.4) is 0 Å². The Balaban J connectivity index is 1.96. The lowest BCUT2D eigenvalue weighted by Crippen LogP contribution is -2.23. The van der Waals surface area contributed by atoms with Gasteiger partial charge in [0.05, 0.1) is 24.0 Å². The van der Waals surface area contributed by atoms with Crippen LogP contribution in [0.25, 0.3) is 0 Å². The van der Waals surface area contributed by atoms with E-state index in [1.165, 1.54) is 6.20 Å². The summed E-state index contributed by atoms with van der Waals surface area (Å²) < 4.78 is 0. The maximum atomic E-state index is 11.6. The number of rotatable bonds is 3. The molecule has 0 bridgehead atoms. The van der Waals surface area contributed by atoms with Gasteiger partial charge in [0.15, 0.2) is 0 Å². The Morgan fingerprint density at radius 1 is 1.47 bits per heavy atom. The predicted octanol–water partition coefficient (Wildman–Crippen LogP) is 0.371. The van der Waals surface area contributed by atoms with E-state index in [9.17, 15) is 4.79 Å². The average molecular weight is 205 g/mol. The quantitative estimate of drug-likeness (QED) is 0.676. The van der Waals surface area contributed by atoms with E-state index in [2.05, 4.69) is 25.7 Å². The Hall–Kier alpha value is -2.11. The van der Waals surface area contributed by atoms with E-state index in [0.717, 1.165) is 11.4 Å². The van der Waals surface area contributed by atoms with Crippen molar-refractivity contribution < 1.29 is 4.79 Å². The summed E-state index contributed by atoms with van der Waals surface area (Å²) in [6.07, 6.45) is 3.15. The van der Waals surface area contributed by atoms with Crippen molar-refractivity contribution in [1.82, 2.24) is 25.7 Å². The van der Waals surface area contributed by atoms with E-state index in [4.69, 9.17) is 0 Å². The minimum atomic E-state index is -0.143. The van der Waals surface area contributed by atoms with Gasteiger partial charge in [0, 0.05) is 11.9 Å². The van der Waals surface area contributed by atoms with Gasteiger partial charge in [-0.2, -0.15) is 10.2 Å². The molecule has 6 heteroatoms. The van der Waals surface area contributed by atoms with Crippen LogP contribution in [0.1, 0.15) is 21.7 Å². The van der Waals surface area contributed by atoms with Gasteiger partial charge in [-0.05, 0) is 13.0 Å². The average Bonchev–Trinajstić information content (AvgIpc) is 2.84. The molecule has 0 aliphatic rings. The van der Waals surface area contributed by atoms with Crippen LogP contribution in [0.4, 0.5) is 0 Å². The molecule has 0 fully saturated rings. The van der Waals surface area contributed by atoms with E-state index in [0.29, 0.717) is 12.1 Å². The minimum absolute atomic E-state index is 0.143. The van der Waals surface area contributed by atoms with E-state index >= 15 is 0 Å². The highest BCUT2D eigenvalue weighted by molar-refractivity contribution is 5.94. The van der Waals surface area contributed by atoms with Crippen molar-refractivity contribution in [3.05, 3.63) is 35.4 Å². The lowest BCUT2D eigenvalue weighted by atomic mass is 10.2. The Morgan fingerprint density at radius 3 is 2.93 bits per heavy atom. The summed E-state index contributed by atoms with van der Waals surface area (Å²) in [4.78, 5) is 11.6. The van der Waals surface area contributed by atoms with Crippen molar-refractivity contribution in [3.63, 3.8) is 0 Å². The first-order valence-electron chi connectivity index (χ1n) is 4.54. The summed E-state index contributed by atoms with van der Waals surface area (Å²) in [5.41, 5.74) is 2.19. The fourth-order valence-corrected chi connectivity index (χ4v) is 1.23. The molecule has 6 nitrogen and oxygen atoms in total. The van der Waals surface area contributed by atoms with Gasteiger partial charge in [0.1, 0.15) is 0 Å². The second kappa shape index (κ2) is 3.95. The molecule has 0 saturated carbocycles. The second-order valence-electron chi connectivity index (χ2n) is 3.17. The van der Waals surface area contributed by atoms with Crippen molar-refractivity contribution in [2.45, 2.75) is 13.5 Å². The van der Waals surface area contributed by atoms with Crippen molar-refractivity contribution >= 4 is 5.91 Å². The molecule has 0 aliphatic carbocycles. The van der Waals surface area contributed by atoms with Crippen LogP contribution >= 0.6 is 0 Å². The first-order chi connectivity index (χ1) is 7.27. The molecular formula is C9H11N5O. The van der Waals surface area contributed by atoms with Crippen LogP contribution in [0.2, 0.25) is 0 Å². The smallest absolute Gasteiger partial charge is 0.255 e. The number of nitrogens with one attached hydrogen (secondary N) is 3. The van der Waals surface area contributed by atoms with Crippen LogP contribution in [0.15, 0.2) is 18.5 Å². The molecule has 2 aromatic heterocycles. The number of carbonyl (C=O) groups is 1. The molecule has 78 valence electrons. The maximum Gasteiger partial charge on any atom is 0.255 e. The molecule has 15 heavy (non-hydrogen) atoms. The van der Waals surface area contributed by atoms with Gasteiger partial charge in [0.25, 0.3) is 5.91 Å². The molecule has 2 rings (SSSR count). The van der Waals surface area contributed by atoms with Gasteiger partial charge >= 0.3 is 0 Å². The predicted molar refractivity (Wildman–Crippen MR) is 53.1 cm³/mol. The molecule has 0 aromatic carbocycles. The Labute approximate surface area is 86.1 Å². The van der Waals surface area contributed by atoms with E-state index in [-0.39, 0.29) is 5.91 Å². The lowest BCUT2D eigenvalue weighted by molar-refractivity contribution is 0.0950. The summed E-state index contributed by atoms with van der Waals surface area (Å²) in [6, 6.07) is 1.81. The van der Waals surface area contributed by atoms with Gasteiger partial charge in [0.2, 0.25) is 0 Å². The number of nitrogens with zero attached hydrogens (tertiary/aromatic N) is 2. The third-order valence-electron chi connectivity index (χ3n) is 2.07.